The van der Waals surface area contributed by atoms with E-state index in [1.807, 2.05) is 31.2 Å². The van der Waals surface area contributed by atoms with Crippen LogP contribution in [-0.2, 0) is 4.79 Å². The number of nitrogens with zero attached hydrogens (tertiary/aromatic N) is 2. The number of rotatable bonds is 8. The number of para-hydroxylation sites is 2. The molecule has 3 N–H and O–H groups in total. The van der Waals surface area contributed by atoms with Gasteiger partial charge in [0.15, 0.2) is 4.34 Å². The first-order valence-corrected chi connectivity index (χ1v) is 12.3. The summed E-state index contributed by atoms with van der Waals surface area (Å²) in [5.74, 6) is 2.54. The predicted octanol–water partition coefficient (Wildman–Crippen LogP) is 4.03. The summed E-state index contributed by atoms with van der Waals surface area (Å²) in [5, 5.41) is 17.3. The molecule has 2 aliphatic carbocycles. The molecule has 2 saturated carbocycles. The molecule has 4 unspecified atom stereocenters. The van der Waals surface area contributed by atoms with Gasteiger partial charge in [0.2, 0.25) is 11.0 Å². The second-order valence-electron chi connectivity index (χ2n) is 8.14. The lowest BCUT2D eigenvalue weighted by atomic mass is 9.84. The molecule has 8 nitrogen and oxygen atoms in total. The predicted molar refractivity (Wildman–Crippen MR) is 122 cm³/mol. The van der Waals surface area contributed by atoms with Crippen LogP contribution in [0.15, 0.2) is 28.6 Å². The van der Waals surface area contributed by atoms with E-state index >= 15 is 0 Å². The highest BCUT2D eigenvalue weighted by molar-refractivity contribution is 8.01. The number of hydrogen-bond donors (Lipinski definition) is 3. The van der Waals surface area contributed by atoms with Gasteiger partial charge in [0.1, 0.15) is 5.75 Å². The summed E-state index contributed by atoms with van der Waals surface area (Å²) in [6.45, 7) is 2.04. The average molecular weight is 462 g/mol. The molecule has 0 spiro atoms. The number of methoxy groups -OCH3 is 1. The number of amides is 3. The number of thioether (sulfide) groups is 1. The SMILES string of the molecule is COc1ccccc1Nc1nnc(SCC(=O)NC(=O)NC(C)C2CC3CCC2C3)s1. The van der Waals surface area contributed by atoms with Crippen LogP contribution in [0.5, 0.6) is 5.75 Å². The number of urea groups is 1. The number of imide groups is 1. The summed E-state index contributed by atoms with van der Waals surface area (Å²) >= 11 is 2.58. The third-order valence-electron chi connectivity index (χ3n) is 6.13. The van der Waals surface area contributed by atoms with Crippen molar-refractivity contribution in [2.45, 2.75) is 43.0 Å². The first-order valence-electron chi connectivity index (χ1n) is 10.5. The number of hydrogen-bond acceptors (Lipinski definition) is 8. The van der Waals surface area contributed by atoms with Gasteiger partial charge in [0.25, 0.3) is 0 Å². The van der Waals surface area contributed by atoms with Crippen molar-refractivity contribution in [2.24, 2.45) is 17.8 Å². The number of nitrogens with one attached hydrogen (secondary N) is 3. The van der Waals surface area contributed by atoms with Crippen LogP contribution in [0.25, 0.3) is 0 Å². The Morgan fingerprint density at radius 3 is 2.84 bits per heavy atom. The van der Waals surface area contributed by atoms with Crippen LogP contribution in [0.2, 0.25) is 0 Å². The van der Waals surface area contributed by atoms with Crippen molar-refractivity contribution >= 4 is 45.9 Å². The van der Waals surface area contributed by atoms with Crippen molar-refractivity contribution in [3.63, 3.8) is 0 Å². The summed E-state index contributed by atoms with van der Waals surface area (Å²) in [6, 6.07) is 7.19. The minimum absolute atomic E-state index is 0.0857. The minimum atomic E-state index is -0.420. The maximum Gasteiger partial charge on any atom is 0.321 e. The molecule has 0 radical (unpaired) electrons. The molecule has 166 valence electrons. The topological polar surface area (TPSA) is 105 Å². The number of benzene rings is 1. The first kappa shape index (κ1) is 21.9. The van der Waals surface area contributed by atoms with Crippen molar-refractivity contribution in [3.05, 3.63) is 24.3 Å². The number of ether oxygens (including phenoxy) is 1. The van der Waals surface area contributed by atoms with E-state index in [1.54, 1.807) is 7.11 Å². The number of aromatic nitrogens is 2. The molecule has 4 atom stereocenters. The number of fused-ring (bicyclic) bond motifs is 2. The van der Waals surface area contributed by atoms with Crippen LogP contribution in [0.4, 0.5) is 15.6 Å². The Balaban J connectivity index is 1.20. The summed E-state index contributed by atoms with van der Waals surface area (Å²) in [4.78, 5) is 24.4. The third kappa shape index (κ3) is 5.48. The number of carbonyl (C=O) groups excluding carboxylic acids is 2. The summed E-state index contributed by atoms with van der Waals surface area (Å²) in [7, 11) is 1.61. The van der Waals surface area contributed by atoms with Crippen molar-refractivity contribution in [1.82, 2.24) is 20.8 Å². The van der Waals surface area contributed by atoms with E-state index < -0.39 is 6.03 Å². The average Bonchev–Trinajstić information content (AvgIpc) is 3.50. The van der Waals surface area contributed by atoms with E-state index in [9.17, 15) is 9.59 Å². The molecule has 1 heterocycles. The molecule has 1 aromatic carbocycles. The molecule has 2 aromatic rings. The standard InChI is InChI=1S/C21H27N5O3S2/c1-12(15-10-13-7-8-14(15)9-13)22-19(28)24-18(27)11-30-21-26-25-20(31-21)23-16-5-3-4-6-17(16)29-2/h3-6,12-15H,7-11H2,1-2H3,(H,23,25)(H2,22,24,27,28). The van der Waals surface area contributed by atoms with Crippen LogP contribution >= 0.6 is 23.1 Å². The maximum atomic E-state index is 12.2. The molecule has 31 heavy (non-hydrogen) atoms. The van der Waals surface area contributed by atoms with Crippen molar-refractivity contribution in [2.75, 3.05) is 18.2 Å². The van der Waals surface area contributed by atoms with Gasteiger partial charge < -0.3 is 15.4 Å². The van der Waals surface area contributed by atoms with E-state index in [4.69, 9.17) is 4.74 Å². The van der Waals surface area contributed by atoms with E-state index in [0.717, 1.165) is 17.5 Å². The minimum Gasteiger partial charge on any atom is -0.495 e. The van der Waals surface area contributed by atoms with Gasteiger partial charge in [-0.2, -0.15) is 0 Å². The zero-order valence-electron chi connectivity index (χ0n) is 17.6. The van der Waals surface area contributed by atoms with Crippen molar-refractivity contribution in [1.29, 1.82) is 0 Å². The molecule has 1 aromatic heterocycles. The normalized spacial score (nSPS) is 22.7. The Labute approximate surface area is 189 Å². The monoisotopic (exact) mass is 461 g/mol. The second kappa shape index (κ2) is 9.86. The Hall–Kier alpha value is -2.33. The van der Waals surface area contributed by atoms with Gasteiger partial charge in [-0.05, 0) is 56.1 Å². The van der Waals surface area contributed by atoms with E-state index in [-0.39, 0.29) is 17.7 Å². The fourth-order valence-electron chi connectivity index (χ4n) is 4.73. The van der Waals surface area contributed by atoms with E-state index in [0.29, 0.717) is 21.1 Å². The van der Waals surface area contributed by atoms with Gasteiger partial charge in [0, 0.05) is 6.04 Å². The van der Waals surface area contributed by atoms with Gasteiger partial charge in [0.05, 0.1) is 18.6 Å². The molecule has 10 heteroatoms. The lowest BCUT2D eigenvalue weighted by Gasteiger charge is -2.28. The van der Waals surface area contributed by atoms with Crippen LogP contribution in [0.1, 0.15) is 32.6 Å². The maximum absolute atomic E-state index is 12.2. The molecule has 2 bridgehead atoms. The highest BCUT2D eigenvalue weighted by Crippen LogP contribution is 2.49. The zero-order valence-corrected chi connectivity index (χ0v) is 19.2. The van der Waals surface area contributed by atoms with Gasteiger partial charge in [-0.1, -0.05) is 41.7 Å². The van der Waals surface area contributed by atoms with Crippen molar-refractivity contribution < 1.29 is 14.3 Å². The van der Waals surface area contributed by atoms with Gasteiger partial charge >= 0.3 is 6.03 Å². The highest BCUT2D eigenvalue weighted by atomic mass is 32.2. The van der Waals surface area contributed by atoms with Crippen LogP contribution in [-0.4, -0.2) is 41.0 Å². The molecular formula is C21H27N5O3S2. The van der Waals surface area contributed by atoms with Gasteiger partial charge in [-0.3, -0.25) is 10.1 Å². The Kier molecular flexibility index (Phi) is 6.96. The fourth-order valence-corrected chi connectivity index (χ4v) is 6.29. The van der Waals surface area contributed by atoms with Gasteiger partial charge in [-0.15, -0.1) is 10.2 Å². The smallest absolute Gasteiger partial charge is 0.321 e. The largest absolute Gasteiger partial charge is 0.495 e. The molecule has 0 saturated heterocycles. The molecule has 0 aliphatic heterocycles. The van der Waals surface area contributed by atoms with Crippen LogP contribution in [0.3, 0.4) is 0 Å². The molecular weight excluding hydrogens is 434 g/mol. The lowest BCUT2D eigenvalue weighted by molar-refractivity contribution is -0.117. The van der Waals surface area contributed by atoms with E-state index in [1.165, 1.54) is 48.8 Å². The Bertz CT molecular complexity index is 937. The third-order valence-corrected chi connectivity index (χ3v) is 8.10. The van der Waals surface area contributed by atoms with Gasteiger partial charge in [-0.25, -0.2) is 4.79 Å². The Morgan fingerprint density at radius 1 is 1.26 bits per heavy atom. The van der Waals surface area contributed by atoms with Crippen LogP contribution in [0, 0.1) is 17.8 Å². The molecule has 4 rings (SSSR count). The zero-order chi connectivity index (χ0) is 21.8. The second-order valence-corrected chi connectivity index (χ2v) is 10.3. The molecule has 3 amide bonds. The molecule has 2 aliphatic rings. The number of carbonyl (C=O) groups is 2. The Morgan fingerprint density at radius 2 is 2.10 bits per heavy atom. The van der Waals surface area contributed by atoms with Crippen molar-refractivity contribution in [3.8, 4) is 5.75 Å². The highest BCUT2D eigenvalue weighted by Gasteiger charge is 2.42. The van der Waals surface area contributed by atoms with E-state index in [2.05, 4.69) is 26.1 Å². The lowest BCUT2D eigenvalue weighted by Crippen LogP contribution is -2.47. The van der Waals surface area contributed by atoms with Crippen LogP contribution < -0.4 is 20.7 Å². The summed E-state index contributed by atoms with van der Waals surface area (Å²) in [6.07, 6.45) is 5.09. The molecule has 2 fully saturated rings. The summed E-state index contributed by atoms with van der Waals surface area (Å²) < 4.78 is 5.95. The quantitative estimate of drug-likeness (QED) is 0.510. The first-order chi connectivity index (χ1) is 15.0. The summed E-state index contributed by atoms with van der Waals surface area (Å²) in [5.41, 5.74) is 0.789. The fraction of sp³-hybridized carbons (Fsp3) is 0.524. The number of anilines is 2.